The molecular weight excluding hydrogens is 500 g/mol. The summed E-state index contributed by atoms with van der Waals surface area (Å²) in [7, 11) is 0. The van der Waals surface area contributed by atoms with Crippen LogP contribution >= 0.6 is 11.6 Å². The molecular formula is C31H24ClN2O4+. The van der Waals surface area contributed by atoms with E-state index in [0.717, 1.165) is 5.56 Å². The number of hydrogen-bond acceptors (Lipinski definition) is 4. The average molecular weight is 524 g/mol. The van der Waals surface area contributed by atoms with Gasteiger partial charge in [0.05, 0.1) is 11.9 Å². The van der Waals surface area contributed by atoms with Gasteiger partial charge in [0, 0.05) is 27.8 Å². The van der Waals surface area contributed by atoms with Crippen LogP contribution < -0.4 is 9.80 Å². The largest absolute Gasteiger partial charge is 0.293 e. The number of carbonyl (C=O) groups is 4. The number of ketones is 2. The van der Waals surface area contributed by atoms with Gasteiger partial charge in [0.15, 0.2) is 11.8 Å². The van der Waals surface area contributed by atoms with Crippen molar-refractivity contribution in [1.82, 2.24) is 0 Å². The van der Waals surface area contributed by atoms with E-state index >= 15 is 0 Å². The summed E-state index contributed by atoms with van der Waals surface area (Å²) in [6.45, 7) is 1.93. The maximum Gasteiger partial charge on any atom is 0.244 e. The third-order valence-corrected chi connectivity index (χ3v) is 7.96. The van der Waals surface area contributed by atoms with Gasteiger partial charge in [0.2, 0.25) is 17.6 Å². The van der Waals surface area contributed by atoms with Crippen LogP contribution in [-0.4, -0.2) is 35.5 Å². The number of fused-ring (bicyclic) bond motifs is 3. The van der Waals surface area contributed by atoms with E-state index in [1.165, 1.54) is 4.90 Å². The second-order valence-electron chi connectivity index (χ2n) is 9.92. The molecule has 3 heterocycles. The van der Waals surface area contributed by atoms with Crippen molar-refractivity contribution in [2.75, 3.05) is 4.90 Å². The standard InChI is InChI=1S/C31H23ClN2O4/c1-18-7-13-23(14-8-18)34-30(37)25-24-17-21(28(35)19-5-3-2-4-6-19)15-16-33(24)27(26(25)31(34)38)29(36)20-9-11-22(32)12-10-20/h2-17,24-27H,1H3/p+1/t24-,25+,26-,27+/m1/s1. The predicted molar refractivity (Wildman–Crippen MR) is 143 cm³/mol. The minimum Gasteiger partial charge on any atom is -0.293 e. The lowest BCUT2D eigenvalue weighted by Crippen LogP contribution is -3.15. The number of halogens is 1. The van der Waals surface area contributed by atoms with Gasteiger partial charge in [-0.25, -0.2) is 4.90 Å². The van der Waals surface area contributed by atoms with Crippen LogP contribution in [0.15, 0.2) is 103 Å². The maximum atomic E-state index is 13.9. The maximum absolute atomic E-state index is 13.9. The van der Waals surface area contributed by atoms with Gasteiger partial charge in [-0.05, 0) is 49.4 Å². The van der Waals surface area contributed by atoms with E-state index in [2.05, 4.69) is 0 Å². The highest BCUT2D eigenvalue weighted by molar-refractivity contribution is 6.30. The van der Waals surface area contributed by atoms with E-state index in [9.17, 15) is 19.2 Å². The Hall–Kier alpha value is -4.13. The molecule has 1 unspecified atom stereocenters. The Morgan fingerprint density at radius 1 is 0.816 bits per heavy atom. The normalized spacial score (nSPS) is 25.7. The minimum absolute atomic E-state index is 0.169. The molecule has 0 spiro atoms. The molecule has 188 valence electrons. The zero-order valence-electron chi connectivity index (χ0n) is 20.5. The van der Waals surface area contributed by atoms with Crippen molar-refractivity contribution in [3.8, 4) is 0 Å². The lowest BCUT2D eigenvalue weighted by atomic mass is 9.85. The molecule has 2 saturated heterocycles. The lowest BCUT2D eigenvalue weighted by Gasteiger charge is -2.28. The van der Waals surface area contributed by atoms with Crippen LogP contribution in [0.4, 0.5) is 5.69 Å². The Balaban J connectivity index is 1.43. The van der Waals surface area contributed by atoms with E-state index in [0.29, 0.717) is 32.3 Å². The molecule has 2 fully saturated rings. The number of Topliss-reactive ketones (excluding diaryl/α,β-unsaturated/α-hetero) is 2. The first-order chi connectivity index (χ1) is 18.3. The number of nitrogens with zero attached hydrogens (tertiary/aromatic N) is 1. The number of amides is 2. The zero-order valence-corrected chi connectivity index (χ0v) is 21.3. The third kappa shape index (κ3) is 3.85. The van der Waals surface area contributed by atoms with Gasteiger partial charge in [-0.15, -0.1) is 0 Å². The molecule has 1 N–H and O–H groups in total. The van der Waals surface area contributed by atoms with Crippen LogP contribution in [0.5, 0.6) is 0 Å². The topological polar surface area (TPSA) is 76.0 Å². The molecule has 0 saturated carbocycles. The number of benzene rings is 3. The van der Waals surface area contributed by atoms with Crippen LogP contribution in [0, 0.1) is 18.8 Å². The van der Waals surface area contributed by atoms with Crippen molar-refractivity contribution in [3.05, 3.63) is 125 Å². The number of anilines is 1. The number of quaternary nitrogens is 1. The summed E-state index contributed by atoms with van der Waals surface area (Å²) in [5.41, 5.74) is 2.88. The fraction of sp³-hybridized carbons (Fsp3) is 0.161. The quantitative estimate of drug-likeness (QED) is 0.409. The van der Waals surface area contributed by atoms with Crippen LogP contribution in [-0.2, 0) is 9.59 Å². The molecule has 5 atom stereocenters. The van der Waals surface area contributed by atoms with Crippen molar-refractivity contribution in [1.29, 1.82) is 0 Å². The van der Waals surface area contributed by atoms with E-state index in [1.807, 2.05) is 25.1 Å². The minimum atomic E-state index is -0.862. The Bertz CT molecular complexity index is 1530. The summed E-state index contributed by atoms with van der Waals surface area (Å²) < 4.78 is 0. The highest BCUT2D eigenvalue weighted by Crippen LogP contribution is 2.39. The molecule has 7 heteroatoms. The van der Waals surface area contributed by atoms with Crippen molar-refractivity contribution < 1.29 is 24.1 Å². The summed E-state index contributed by atoms with van der Waals surface area (Å²) in [6, 6.07) is 21.3. The van der Waals surface area contributed by atoms with Crippen LogP contribution in [0.25, 0.3) is 0 Å². The molecule has 0 bridgehead atoms. The van der Waals surface area contributed by atoms with Crippen molar-refractivity contribution in [2.45, 2.75) is 19.0 Å². The lowest BCUT2D eigenvalue weighted by molar-refractivity contribution is -0.871. The number of allylic oxidation sites excluding steroid dienone is 2. The summed E-state index contributed by atoms with van der Waals surface area (Å²) in [5, 5.41) is 0.499. The molecule has 2 amide bonds. The Labute approximate surface area is 224 Å². The fourth-order valence-electron chi connectivity index (χ4n) is 5.88. The first-order valence-corrected chi connectivity index (χ1v) is 12.8. The number of rotatable bonds is 5. The monoisotopic (exact) mass is 523 g/mol. The third-order valence-electron chi connectivity index (χ3n) is 7.70. The Morgan fingerprint density at radius 2 is 1.47 bits per heavy atom. The van der Waals surface area contributed by atoms with Crippen LogP contribution in [0.2, 0.25) is 5.02 Å². The first kappa shape index (κ1) is 24.2. The number of carbonyl (C=O) groups excluding carboxylic acids is 4. The van der Waals surface area contributed by atoms with E-state index in [1.54, 1.807) is 79.0 Å². The van der Waals surface area contributed by atoms with Crippen molar-refractivity contribution in [2.24, 2.45) is 11.8 Å². The van der Waals surface area contributed by atoms with Crippen LogP contribution in [0.3, 0.4) is 0 Å². The number of hydrogen-bond donors (Lipinski definition) is 1. The molecule has 0 aromatic heterocycles. The summed E-state index contributed by atoms with van der Waals surface area (Å²) in [6.07, 6.45) is 5.22. The molecule has 3 aromatic carbocycles. The Morgan fingerprint density at radius 3 is 2.16 bits per heavy atom. The predicted octanol–water partition coefficient (Wildman–Crippen LogP) is 3.61. The highest BCUT2D eigenvalue weighted by atomic mass is 35.5. The molecule has 6 nitrogen and oxygen atoms in total. The molecule has 3 aliphatic rings. The molecule has 0 aliphatic carbocycles. The average Bonchev–Trinajstić information content (AvgIpc) is 3.41. The summed E-state index contributed by atoms with van der Waals surface area (Å²) >= 11 is 6.04. The number of nitrogens with one attached hydrogen (secondary N) is 1. The van der Waals surface area contributed by atoms with E-state index < -0.39 is 29.8 Å². The molecule has 3 aromatic rings. The zero-order chi connectivity index (χ0) is 26.6. The molecule has 6 rings (SSSR count). The number of imide groups is 1. The smallest absolute Gasteiger partial charge is 0.244 e. The molecule has 0 radical (unpaired) electrons. The van der Waals surface area contributed by atoms with Gasteiger partial charge in [0.25, 0.3) is 0 Å². The van der Waals surface area contributed by atoms with Crippen LogP contribution in [0.1, 0.15) is 26.3 Å². The van der Waals surface area contributed by atoms with E-state index in [-0.39, 0.29) is 17.5 Å². The summed E-state index contributed by atoms with van der Waals surface area (Å²) in [5.74, 6) is -2.79. The summed E-state index contributed by atoms with van der Waals surface area (Å²) in [4.78, 5) is 56.7. The van der Waals surface area contributed by atoms with Gasteiger partial charge < -0.3 is 0 Å². The number of aryl methyl sites for hydroxylation is 1. The highest BCUT2D eigenvalue weighted by Gasteiger charge is 2.67. The SMILES string of the molecule is Cc1ccc(N2C(=O)[C@@H]3[C@@H](C2=O)[C@@H](C(=O)c2ccc(Cl)cc2)[NH+]2C=CC(C(=O)c4ccccc4)=C[C@H]32)cc1. The molecule has 3 aliphatic heterocycles. The van der Waals surface area contributed by atoms with Gasteiger partial charge in [0.1, 0.15) is 17.9 Å². The first-order valence-electron chi connectivity index (χ1n) is 12.5. The van der Waals surface area contributed by atoms with Gasteiger partial charge >= 0.3 is 0 Å². The Kier molecular flexibility index (Phi) is 5.94. The van der Waals surface area contributed by atoms with Crippen molar-refractivity contribution in [3.63, 3.8) is 0 Å². The van der Waals surface area contributed by atoms with Crippen molar-refractivity contribution >= 4 is 40.7 Å². The van der Waals surface area contributed by atoms with E-state index in [4.69, 9.17) is 11.6 Å². The molecule has 38 heavy (non-hydrogen) atoms. The van der Waals surface area contributed by atoms with Gasteiger partial charge in [-0.2, -0.15) is 0 Å². The van der Waals surface area contributed by atoms with Gasteiger partial charge in [-0.1, -0.05) is 59.6 Å². The fourth-order valence-corrected chi connectivity index (χ4v) is 6.00. The second kappa shape index (κ2) is 9.31. The van der Waals surface area contributed by atoms with Gasteiger partial charge in [-0.3, -0.25) is 24.1 Å². The second-order valence-corrected chi connectivity index (χ2v) is 10.4.